The van der Waals surface area contributed by atoms with Crippen molar-refractivity contribution in [1.29, 1.82) is 0 Å². The van der Waals surface area contributed by atoms with E-state index in [1.165, 1.54) is 0 Å². The monoisotopic (exact) mass is 369 g/mol. The van der Waals surface area contributed by atoms with Crippen LogP contribution in [-0.4, -0.2) is 21.5 Å². The summed E-state index contributed by atoms with van der Waals surface area (Å²) in [6.07, 6.45) is 3.51. The number of rotatable bonds is 5. The van der Waals surface area contributed by atoms with Crippen LogP contribution < -0.4 is 10.6 Å². The number of nitrogens with zero attached hydrogens (tertiary/aromatic N) is 3. The van der Waals surface area contributed by atoms with Gasteiger partial charge in [0.1, 0.15) is 5.82 Å². The molecule has 0 fully saturated rings. The standard InChI is InChI=1S/C17H16BrN5/c1-2-20-17-22-15(12-7-9-19-10-8-12)11-16(23-17)21-14-6-4-3-5-13(14)18/h3-11H,2H2,1H3,(H2,20,21,22,23). The number of hydrogen-bond donors (Lipinski definition) is 2. The zero-order valence-corrected chi connectivity index (χ0v) is 14.2. The second-order valence-electron chi connectivity index (χ2n) is 4.83. The molecule has 1 aromatic carbocycles. The lowest BCUT2D eigenvalue weighted by atomic mass is 10.2. The summed E-state index contributed by atoms with van der Waals surface area (Å²) in [5.41, 5.74) is 2.79. The Balaban J connectivity index is 1.99. The van der Waals surface area contributed by atoms with E-state index in [-0.39, 0.29) is 0 Å². The summed E-state index contributed by atoms with van der Waals surface area (Å²) < 4.78 is 0.981. The van der Waals surface area contributed by atoms with Crippen LogP contribution in [0.3, 0.4) is 0 Å². The Kier molecular flexibility index (Phi) is 4.83. The van der Waals surface area contributed by atoms with Crippen molar-refractivity contribution in [3.63, 3.8) is 0 Å². The quantitative estimate of drug-likeness (QED) is 0.694. The molecule has 0 unspecified atom stereocenters. The number of pyridine rings is 1. The van der Waals surface area contributed by atoms with E-state index < -0.39 is 0 Å². The van der Waals surface area contributed by atoms with Gasteiger partial charge in [-0.25, -0.2) is 4.98 Å². The van der Waals surface area contributed by atoms with Crippen LogP contribution in [0.25, 0.3) is 11.3 Å². The Morgan fingerprint density at radius 3 is 2.57 bits per heavy atom. The number of nitrogens with one attached hydrogen (secondary N) is 2. The summed E-state index contributed by atoms with van der Waals surface area (Å²) in [5.74, 6) is 1.33. The lowest BCUT2D eigenvalue weighted by Crippen LogP contribution is -2.05. The Labute approximate surface area is 143 Å². The van der Waals surface area contributed by atoms with Gasteiger partial charge in [-0.15, -0.1) is 0 Å². The predicted molar refractivity (Wildman–Crippen MR) is 96.9 cm³/mol. The molecule has 2 N–H and O–H groups in total. The van der Waals surface area contributed by atoms with Gasteiger partial charge < -0.3 is 10.6 Å². The first-order valence-corrected chi connectivity index (χ1v) is 8.10. The Hall–Kier alpha value is -2.47. The second-order valence-corrected chi connectivity index (χ2v) is 5.69. The van der Waals surface area contributed by atoms with Gasteiger partial charge >= 0.3 is 0 Å². The molecular weight excluding hydrogens is 354 g/mol. The number of para-hydroxylation sites is 1. The van der Waals surface area contributed by atoms with Crippen LogP contribution in [0.2, 0.25) is 0 Å². The molecule has 2 aromatic heterocycles. The topological polar surface area (TPSA) is 62.7 Å². The van der Waals surface area contributed by atoms with Crippen LogP contribution in [-0.2, 0) is 0 Å². The third-order valence-electron chi connectivity index (χ3n) is 3.17. The van der Waals surface area contributed by atoms with Crippen molar-refractivity contribution < 1.29 is 0 Å². The van der Waals surface area contributed by atoms with Crippen LogP contribution in [0.4, 0.5) is 17.5 Å². The van der Waals surface area contributed by atoms with Crippen LogP contribution in [0.5, 0.6) is 0 Å². The van der Waals surface area contributed by atoms with E-state index >= 15 is 0 Å². The third-order valence-corrected chi connectivity index (χ3v) is 3.87. The van der Waals surface area contributed by atoms with Crippen molar-refractivity contribution in [3.05, 3.63) is 59.3 Å². The van der Waals surface area contributed by atoms with Crippen molar-refractivity contribution in [3.8, 4) is 11.3 Å². The summed E-state index contributed by atoms with van der Waals surface area (Å²) in [7, 11) is 0. The molecule has 0 radical (unpaired) electrons. The lowest BCUT2D eigenvalue weighted by Gasteiger charge is -2.11. The summed E-state index contributed by atoms with van der Waals surface area (Å²) in [4.78, 5) is 13.1. The minimum absolute atomic E-state index is 0.594. The average Bonchev–Trinajstić information content (AvgIpc) is 2.58. The Morgan fingerprint density at radius 1 is 1.04 bits per heavy atom. The summed E-state index contributed by atoms with van der Waals surface area (Å²) in [6, 6.07) is 13.7. The SMILES string of the molecule is CCNc1nc(Nc2ccccc2Br)cc(-c2ccncc2)n1. The van der Waals surface area contributed by atoms with Crippen LogP contribution in [0, 0.1) is 0 Å². The van der Waals surface area contributed by atoms with Crippen LogP contribution in [0.15, 0.2) is 59.3 Å². The van der Waals surface area contributed by atoms with Crippen molar-refractivity contribution in [2.75, 3.05) is 17.2 Å². The molecule has 6 heteroatoms. The van der Waals surface area contributed by atoms with E-state index in [2.05, 4.69) is 41.5 Å². The van der Waals surface area contributed by atoms with E-state index in [1.54, 1.807) is 12.4 Å². The number of benzene rings is 1. The molecule has 3 aromatic rings. The first-order valence-electron chi connectivity index (χ1n) is 7.31. The first kappa shape index (κ1) is 15.4. The van der Waals surface area contributed by atoms with Gasteiger partial charge in [0.25, 0.3) is 0 Å². The summed E-state index contributed by atoms with van der Waals surface area (Å²) in [5, 5.41) is 6.50. The molecule has 116 valence electrons. The molecule has 0 bridgehead atoms. The fourth-order valence-electron chi connectivity index (χ4n) is 2.12. The average molecular weight is 370 g/mol. The Morgan fingerprint density at radius 2 is 1.83 bits per heavy atom. The minimum Gasteiger partial charge on any atom is -0.354 e. The van der Waals surface area contributed by atoms with Gasteiger partial charge in [0.05, 0.1) is 11.4 Å². The molecule has 23 heavy (non-hydrogen) atoms. The van der Waals surface area contributed by atoms with Gasteiger partial charge in [0.2, 0.25) is 5.95 Å². The molecular formula is C17H16BrN5. The lowest BCUT2D eigenvalue weighted by molar-refractivity contribution is 1.09. The fourth-order valence-corrected chi connectivity index (χ4v) is 2.50. The normalized spacial score (nSPS) is 10.3. The molecule has 0 saturated carbocycles. The zero-order valence-electron chi connectivity index (χ0n) is 12.6. The third kappa shape index (κ3) is 3.84. The zero-order chi connectivity index (χ0) is 16.1. The second kappa shape index (κ2) is 7.19. The molecule has 0 spiro atoms. The van der Waals surface area contributed by atoms with E-state index in [0.717, 1.165) is 33.8 Å². The molecule has 3 rings (SSSR count). The summed E-state index contributed by atoms with van der Waals surface area (Å²) in [6.45, 7) is 2.78. The molecule has 0 amide bonds. The fraction of sp³-hybridized carbons (Fsp3) is 0.118. The van der Waals surface area contributed by atoms with Crippen molar-refractivity contribution in [2.45, 2.75) is 6.92 Å². The highest BCUT2D eigenvalue weighted by Gasteiger charge is 2.08. The smallest absolute Gasteiger partial charge is 0.225 e. The molecule has 2 heterocycles. The number of aromatic nitrogens is 3. The molecule has 0 aliphatic rings. The number of halogens is 1. The highest BCUT2D eigenvalue weighted by Crippen LogP contribution is 2.27. The largest absolute Gasteiger partial charge is 0.354 e. The maximum Gasteiger partial charge on any atom is 0.225 e. The van der Waals surface area contributed by atoms with Gasteiger partial charge in [-0.2, -0.15) is 4.98 Å². The maximum atomic E-state index is 4.56. The minimum atomic E-state index is 0.594. The maximum absolute atomic E-state index is 4.56. The van der Waals surface area contributed by atoms with E-state index in [4.69, 9.17) is 0 Å². The number of hydrogen-bond acceptors (Lipinski definition) is 5. The van der Waals surface area contributed by atoms with E-state index in [1.807, 2.05) is 49.4 Å². The molecule has 0 saturated heterocycles. The highest BCUT2D eigenvalue weighted by molar-refractivity contribution is 9.10. The van der Waals surface area contributed by atoms with Crippen molar-refractivity contribution in [1.82, 2.24) is 15.0 Å². The Bertz CT molecular complexity index is 792. The van der Waals surface area contributed by atoms with Gasteiger partial charge in [0.15, 0.2) is 0 Å². The molecule has 5 nitrogen and oxygen atoms in total. The van der Waals surface area contributed by atoms with Crippen LogP contribution in [0.1, 0.15) is 6.92 Å². The van der Waals surface area contributed by atoms with Crippen molar-refractivity contribution >= 4 is 33.4 Å². The molecule has 0 aliphatic heterocycles. The van der Waals surface area contributed by atoms with Gasteiger partial charge in [0, 0.05) is 35.0 Å². The van der Waals surface area contributed by atoms with Gasteiger partial charge in [-0.3, -0.25) is 4.98 Å². The number of anilines is 3. The predicted octanol–water partition coefficient (Wildman–Crippen LogP) is 4.48. The van der Waals surface area contributed by atoms with Crippen LogP contribution >= 0.6 is 15.9 Å². The van der Waals surface area contributed by atoms with E-state index in [9.17, 15) is 0 Å². The highest BCUT2D eigenvalue weighted by atomic mass is 79.9. The molecule has 0 aliphatic carbocycles. The van der Waals surface area contributed by atoms with E-state index in [0.29, 0.717) is 5.95 Å². The summed E-state index contributed by atoms with van der Waals surface area (Å²) >= 11 is 3.54. The first-order chi connectivity index (χ1) is 11.3. The van der Waals surface area contributed by atoms with Crippen molar-refractivity contribution in [2.24, 2.45) is 0 Å². The molecule has 0 atom stereocenters. The van der Waals surface area contributed by atoms with Gasteiger partial charge in [-0.05, 0) is 47.1 Å². The van der Waals surface area contributed by atoms with Gasteiger partial charge in [-0.1, -0.05) is 12.1 Å².